The molecule has 0 fully saturated rings. The van der Waals surface area contributed by atoms with E-state index in [2.05, 4.69) is 25.6 Å². The van der Waals surface area contributed by atoms with Crippen molar-refractivity contribution in [3.8, 4) is 17.2 Å². The Bertz CT molecular complexity index is 1260. The van der Waals surface area contributed by atoms with Gasteiger partial charge in [0.1, 0.15) is 29.0 Å². The normalized spacial score (nSPS) is 10.4. The molecule has 0 aliphatic rings. The fourth-order valence-corrected chi connectivity index (χ4v) is 2.83. The van der Waals surface area contributed by atoms with E-state index in [0.717, 1.165) is 18.3 Å². The Morgan fingerprint density at radius 1 is 0.839 bits per heavy atom. The van der Waals surface area contributed by atoms with Crippen molar-refractivity contribution in [2.24, 2.45) is 0 Å². The van der Waals surface area contributed by atoms with Crippen molar-refractivity contribution in [1.29, 1.82) is 5.26 Å². The fraction of sp³-hybridized carbons (Fsp3) is 0. The summed E-state index contributed by atoms with van der Waals surface area (Å²) in [5.74, 6) is -2.17. The van der Waals surface area contributed by atoms with Crippen molar-refractivity contribution in [2.75, 3.05) is 10.6 Å². The molecular formula is C22H13F3N6. The van der Waals surface area contributed by atoms with Gasteiger partial charge in [0.25, 0.3) is 0 Å². The number of benzene rings is 2. The van der Waals surface area contributed by atoms with Crippen molar-refractivity contribution in [2.45, 2.75) is 0 Å². The molecule has 9 heteroatoms. The molecule has 0 saturated carbocycles. The highest BCUT2D eigenvalue weighted by molar-refractivity contribution is 5.69. The van der Waals surface area contributed by atoms with Crippen molar-refractivity contribution >= 4 is 23.1 Å². The molecule has 0 atom stereocenters. The van der Waals surface area contributed by atoms with E-state index in [9.17, 15) is 13.2 Å². The van der Waals surface area contributed by atoms with Crippen LogP contribution in [0.5, 0.6) is 0 Å². The molecule has 0 radical (unpaired) electrons. The maximum Gasteiger partial charge on any atom is 0.229 e. The Labute approximate surface area is 175 Å². The number of nitriles is 1. The van der Waals surface area contributed by atoms with Crippen LogP contribution < -0.4 is 10.6 Å². The van der Waals surface area contributed by atoms with E-state index < -0.39 is 23.1 Å². The second-order valence-electron chi connectivity index (χ2n) is 6.38. The minimum absolute atomic E-state index is 0.0373. The molecule has 0 aliphatic carbocycles. The van der Waals surface area contributed by atoms with Gasteiger partial charge in [-0.3, -0.25) is 4.98 Å². The number of hydrogen-bond acceptors (Lipinski definition) is 6. The first-order chi connectivity index (χ1) is 15.0. The number of nitrogens with zero attached hydrogens (tertiary/aromatic N) is 4. The van der Waals surface area contributed by atoms with Crippen LogP contribution in [0.3, 0.4) is 0 Å². The molecule has 0 saturated heterocycles. The molecule has 0 amide bonds. The zero-order chi connectivity index (χ0) is 21.8. The smallest absolute Gasteiger partial charge is 0.229 e. The highest BCUT2D eigenvalue weighted by Gasteiger charge is 2.15. The summed E-state index contributed by atoms with van der Waals surface area (Å²) in [6, 6.07) is 13.5. The summed E-state index contributed by atoms with van der Waals surface area (Å²) in [6.07, 6.45) is 3.72. The molecule has 0 bridgehead atoms. The molecule has 4 rings (SSSR count). The molecule has 2 aromatic heterocycles. The van der Waals surface area contributed by atoms with Gasteiger partial charge in [-0.2, -0.15) is 10.2 Å². The van der Waals surface area contributed by atoms with Crippen LogP contribution in [0.4, 0.5) is 36.3 Å². The van der Waals surface area contributed by atoms with E-state index in [-0.39, 0.29) is 22.9 Å². The predicted molar refractivity (Wildman–Crippen MR) is 109 cm³/mol. The number of nitrogens with one attached hydrogen (secondary N) is 2. The molecular weight excluding hydrogens is 405 g/mol. The first kappa shape index (κ1) is 19.8. The second kappa shape index (κ2) is 8.51. The summed E-state index contributed by atoms with van der Waals surface area (Å²) >= 11 is 0. The zero-order valence-corrected chi connectivity index (χ0v) is 15.8. The number of pyridine rings is 1. The molecule has 2 aromatic carbocycles. The van der Waals surface area contributed by atoms with Crippen molar-refractivity contribution in [3.63, 3.8) is 0 Å². The number of anilines is 4. The molecule has 2 heterocycles. The van der Waals surface area contributed by atoms with E-state index in [0.29, 0.717) is 11.3 Å². The lowest BCUT2D eigenvalue weighted by Gasteiger charge is -2.12. The van der Waals surface area contributed by atoms with E-state index in [4.69, 9.17) is 5.26 Å². The number of halogens is 3. The fourth-order valence-electron chi connectivity index (χ4n) is 2.83. The van der Waals surface area contributed by atoms with E-state index >= 15 is 0 Å². The minimum Gasteiger partial charge on any atom is -0.335 e. The summed E-state index contributed by atoms with van der Waals surface area (Å²) < 4.78 is 43.1. The van der Waals surface area contributed by atoms with Crippen LogP contribution in [-0.2, 0) is 0 Å². The van der Waals surface area contributed by atoms with Gasteiger partial charge in [-0.05, 0) is 54.1 Å². The van der Waals surface area contributed by atoms with Crippen LogP contribution in [-0.4, -0.2) is 15.0 Å². The third-order valence-corrected chi connectivity index (χ3v) is 4.30. The van der Waals surface area contributed by atoms with Gasteiger partial charge in [0, 0.05) is 23.6 Å². The minimum atomic E-state index is -0.911. The molecule has 31 heavy (non-hydrogen) atoms. The Morgan fingerprint density at radius 3 is 2.26 bits per heavy atom. The van der Waals surface area contributed by atoms with E-state index in [1.165, 1.54) is 24.5 Å². The van der Waals surface area contributed by atoms with Gasteiger partial charge in [0.2, 0.25) is 5.95 Å². The van der Waals surface area contributed by atoms with Crippen LogP contribution >= 0.6 is 0 Å². The summed E-state index contributed by atoms with van der Waals surface area (Å²) in [7, 11) is 0. The van der Waals surface area contributed by atoms with E-state index in [1.54, 1.807) is 24.3 Å². The Balaban J connectivity index is 1.57. The molecule has 0 unspecified atom stereocenters. The third-order valence-electron chi connectivity index (χ3n) is 4.30. The van der Waals surface area contributed by atoms with Crippen LogP contribution in [0, 0.1) is 28.8 Å². The van der Waals surface area contributed by atoms with Gasteiger partial charge in [0.15, 0.2) is 0 Å². The first-order valence-corrected chi connectivity index (χ1v) is 8.99. The van der Waals surface area contributed by atoms with Crippen LogP contribution in [0.1, 0.15) is 5.56 Å². The Morgan fingerprint density at radius 2 is 1.58 bits per heavy atom. The number of hydrogen-bond donors (Lipinski definition) is 2. The van der Waals surface area contributed by atoms with Gasteiger partial charge in [-0.1, -0.05) is 0 Å². The average molecular weight is 418 g/mol. The molecule has 6 nitrogen and oxygen atoms in total. The first-order valence-electron chi connectivity index (χ1n) is 8.99. The lowest BCUT2D eigenvalue weighted by atomic mass is 10.1. The predicted octanol–water partition coefficient (Wildman–Crippen LogP) is 5.31. The van der Waals surface area contributed by atoms with Gasteiger partial charge in [-0.25, -0.2) is 18.2 Å². The van der Waals surface area contributed by atoms with Crippen LogP contribution in [0.2, 0.25) is 0 Å². The summed E-state index contributed by atoms with van der Waals surface area (Å²) in [5.41, 5.74) is 0.794. The van der Waals surface area contributed by atoms with Gasteiger partial charge in [0.05, 0.1) is 17.8 Å². The van der Waals surface area contributed by atoms with Gasteiger partial charge >= 0.3 is 0 Å². The van der Waals surface area contributed by atoms with Crippen LogP contribution in [0.25, 0.3) is 11.1 Å². The second-order valence-corrected chi connectivity index (χ2v) is 6.38. The SMILES string of the molecule is N#Cc1ccc(Nc2nccc(Nc3c(F)cc(-c4ccncc4F)cc3F)n2)cc1. The van der Waals surface area contributed by atoms with Crippen molar-refractivity contribution in [3.05, 3.63) is 90.1 Å². The molecule has 0 spiro atoms. The Hall–Kier alpha value is -4.45. The summed E-state index contributed by atoms with van der Waals surface area (Å²) in [6.45, 7) is 0. The lowest BCUT2D eigenvalue weighted by Crippen LogP contribution is -2.03. The highest BCUT2D eigenvalue weighted by atomic mass is 19.1. The van der Waals surface area contributed by atoms with Crippen molar-refractivity contribution < 1.29 is 13.2 Å². The Kier molecular flexibility index (Phi) is 5.45. The highest BCUT2D eigenvalue weighted by Crippen LogP contribution is 2.30. The maximum absolute atomic E-state index is 14.6. The van der Waals surface area contributed by atoms with Gasteiger partial charge in [-0.15, -0.1) is 0 Å². The molecule has 2 N–H and O–H groups in total. The molecule has 0 aliphatic heterocycles. The largest absolute Gasteiger partial charge is 0.335 e. The van der Waals surface area contributed by atoms with Crippen LogP contribution in [0.15, 0.2) is 67.1 Å². The number of rotatable bonds is 5. The summed E-state index contributed by atoms with van der Waals surface area (Å²) in [5, 5.41) is 14.4. The monoisotopic (exact) mass is 418 g/mol. The topological polar surface area (TPSA) is 86.5 Å². The standard InChI is InChI=1S/C22H13F3N6/c23-17-9-14(16-5-7-27-12-19(16)25)10-18(24)21(17)30-20-6-8-28-22(31-20)29-15-3-1-13(11-26)2-4-15/h1-10,12H,(H2,28,29,30,31). The maximum atomic E-state index is 14.6. The average Bonchev–Trinajstić information content (AvgIpc) is 2.77. The number of aromatic nitrogens is 3. The third kappa shape index (κ3) is 4.43. The van der Waals surface area contributed by atoms with E-state index in [1.807, 2.05) is 6.07 Å². The summed E-state index contributed by atoms with van der Waals surface area (Å²) in [4.78, 5) is 11.9. The zero-order valence-electron chi connectivity index (χ0n) is 15.8. The quantitative estimate of drug-likeness (QED) is 0.457. The molecule has 152 valence electrons. The molecule has 4 aromatic rings. The van der Waals surface area contributed by atoms with Gasteiger partial charge < -0.3 is 10.6 Å². The lowest BCUT2D eigenvalue weighted by molar-refractivity contribution is 0.590. The van der Waals surface area contributed by atoms with Crippen molar-refractivity contribution in [1.82, 2.24) is 15.0 Å².